The Morgan fingerprint density at radius 2 is 1.68 bits per heavy atom. The number of rotatable bonds is 9. The van der Waals surface area contributed by atoms with Gasteiger partial charge in [0.25, 0.3) is 0 Å². The summed E-state index contributed by atoms with van der Waals surface area (Å²) in [5.74, 6) is -0.0613. The van der Waals surface area contributed by atoms with E-state index in [1.165, 1.54) is 0 Å². The van der Waals surface area contributed by atoms with Gasteiger partial charge >= 0.3 is 0 Å². The highest BCUT2D eigenvalue weighted by Crippen LogP contribution is 2.23. The average Bonchev–Trinajstić information content (AvgIpc) is 3.05. The summed E-state index contributed by atoms with van der Waals surface area (Å²) >= 11 is 0. The van der Waals surface area contributed by atoms with Crippen molar-refractivity contribution in [3.63, 3.8) is 0 Å². The predicted octanol–water partition coefficient (Wildman–Crippen LogP) is 3.08. The summed E-state index contributed by atoms with van der Waals surface area (Å²) in [6.07, 6.45) is 1.76. The number of aromatic nitrogens is 1. The minimum absolute atomic E-state index is 0.0613. The fraction of sp³-hybridized carbons (Fsp3) is 0.286. The number of hydrogen-bond donors (Lipinski definition) is 2. The summed E-state index contributed by atoms with van der Waals surface area (Å²) in [5.41, 5.74) is 2.59. The van der Waals surface area contributed by atoms with E-state index in [0.29, 0.717) is 35.1 Å². The predicted molar refractivity (Wildman–Crippen MR) is 148 cm³/mol. The monoisotopic (exact) mass is 518 g/mol. The number of anilines is 1. The molecule has 37 heavy (non-hydrogen) atoms. The van der Waals surface area contributed by atoms with Gasteiger partial charge in [0, 0.05) is 60.9 Å². The zero-order valence-electron chi connectivity index (χ0n) is 20.5. The van der Waals surface area contributed by atoms with Gasteiger partial charge in [-0.05, 0) is 35.2 Å². The standard InChI is InChI=1S/C28H30N4O4S/c33-28-25-19-24(31-37(34,35)17-11-29-10-12-32-13-15-36-16-14-32)8-6-22(25)7-9-27-26(28)18-23(20-30-27)21-4-2-1-3-5-21/h1-9,18-20,29,31H,10-17H2. The summed E-state index contributed by atoms with van der Waals surface area (Å²) in [7, 11) is -3.58. The molecule has 1 saturated heterocycles. The van der Waals surface area contributed by atoms with Crippen LogP contribution in [0.2, 0.25) is 0 Å². The number of fused-ring (bicyclic) bond motifs is 2. The topological polar surface area (TPSA) is 101 Å². The molecule has 8 nitrogen and oxygen atoms in total. The maximum Gasteiger partial charge on any atom is 0.233 e. The first kappa shape index (κ1) is 25.3. The maximum atomic E-state index is 13.5. The van der Waals surface area contributed by atoms with Gasteiger partial charge in [0.15, 0.2) is 5.43 Å². The summed E-state index contributed by atoms with van der Waals surface area (Å²) < 4.78 is 33.4. The van der Waals surface area contributed by atoms with Crippen molar-refractivity contribution in [2.24, 2.45) is 0 Å². The second-order valence-electron chi connectivity index (χ2n) is 9.11. The molecule has 2 heterocycles. The van der Waals surface area contributed by atoms with Crippen LogP contribution in [0.15, 0.2) is 77.7 Å². The summed E-state index contributed by atoms with van der Waals surface area (Å²) in [4.78, 5) is 20.3. The van der Waals surface area contributed by atoms with Crippen LogP contribution in [0.4, 0.5) is 5.69 Å². The lowest BCUT2D eigenvalue weighted by molar-refractivity contribution is 0.0385. The van der Waals surface area contributed by atoms with Crippen LogP contribution in [0.1, 0.15) is 0 Å². The molecule has 1 aromatic heterocycles. The van der Waals surface area contributed by atoms with E-state index in [1.807, 2.05) is 48.5 Å². The number of benzene rings is 2. The first-order valence-electron chi connectivity index (χ1n) is 12.4. The molecule has 0 aliphatic carbocycles. The van der Waals surface area contributed by atoms with Gasteiger partial charge in [-0.3, -0.25) is 19.4 Å². The lowest BCUT2D eigenvalue weighted by Crippen LogP contribution is -2.41. The summed E-state index contributed by atoms with van der Waals surface area (Å²) in [6, 6.07) is 20.3. The molecule has 1 aliphatic heterocycles. The molecule has 9 heteroatoms. The third-order valence-electron chi connectivity index (χ3n) is 6.52. The van der Waals surface area contributed by atoms with E-state index in [9.17, 15) is 13.2 Å². The molecular weight excluding hydrogens is 488 g/mol. The van der Waals surface area contributed by atoms with Crippen LogP contribution in [0, 0.1) is 0 Å². The molecule has 192 valence electrons. The van der Waals surface area contributed by atoms with Crippen molar-refractivity contribution >= 4 is 37.4 Å². The van der Waals surface area contributed by atoms with E-state index in [-0.39, 0.29) is 11.2 Å². The van der Waals surface area contributed by atoms with Gasteiger partial charge in [0.2, 0.25) is 10.0 Å². The summed E-state index contributed by atoms with van der Waals surface area (Å²) in [5, 5.41) is 4.84. The van der Waals surface area contributed by atoms with Crippen molar-refractivity contribution in [3.8, 4) is 11.1 Å². The van der Waals surface area contributed by atoms with Crippen LogP contribution in [0.5, 0.6) is 0 Å². The molecule has 0 spiro atoms. The maximum absolute atomic E-state index is 13.5. The first-order chi connectivity index (χ1) is 18.0. The number of morpholine rings is 1. The number of hydrogen-bond acceptors (Lipinski definition) is 7. The largest absolute Gasteiger partial charge is 0.379 e. The molecule has 1 aliphatic rings. The van der Waals surface area contributed by atoms with Gasteiger partial charge in [-0.1, -0.05) is 42.5 Å². The minimum Gasteiger partial charge on any atom is -0.379 e. The Morgan fingerprint density at radius 3 is 2.49 bits per heavy atom. The van der Waals surface area contributed by atoms with E-state index >= 15 is 0 Å². The van der Waals surface area contributed by atoms with Crippen LogP contribution < -0.4 is 15.5 Å². The zero-order chi connectivity index (χ0) is 25.7. The molecule has 0 radical (unpaired) electrons. The number of pyridine rings is 1. The first-order valence-corrected chi connectivity index (χ1v) is 14.1. The van der Waals surface area contributed by atoms with E-state index in [2.05, 4.69) is 19.9 Å². The van der Waals surface area contributed by atoms with E-state index in [0.717, 1.165) is 49.4 Å². The van der Waals surface area contributed by atoms with Crippen LogP contribution in [-0.4, -0.2) is 70.0 Å². The minimum atomic E-state index is -3.58. The SMILES string of the molecule is O=c1c2cc(NS(=O)(=O)CCNCCN3CCOCC3)ccc2ccc2ncc(-c3ccccc3)cc12. The second kappa shape index (κ2) is 11.4. The smallest absolute Gasteiger partial charge is 0.233 e. The second-order valence-corrected chi connectivity index (χ2v) is 11.0. The number of ether oxygens (including phenoxy) is 1. The third kappa shape index (κ3) is 6.31. The van der Waals surface area contributed by atoms with Crippen molar-refractivity contribution in [3.05, 3.63) is 83.2 Å². The lowest BCUT2D eigenvalue weighted by atomic mass is 10.1. The third-order valence-corrected chi connectivity index (χ3v) is 7.81. The molecule has 5 rings (SSSR count). The average molecular weight is 519 g/mol. The Balaban J connectivity index is 1.32. The number of sulfonamides is 1. The lowest BCUT2D eigenvalue weighted by Gasteiger charge is -2.26. The van der Waals surface area contributed by atoms with Crippen LogP contribution in [0.3, 0.4) is 0 Å². The molecule has 0 amide bonds. The summed E-state index contributed by atoms with van der Waals surface area (Å²) in [6.45, 7) is 5.21. The number of nitrogens with one attached hydrogen (secondary N) is 2. The Labute approximate surface area is 216 Å². The molecule has 0 unspecified atom stereocenters. The Morgan fingerprint density at radius 1 is 0.892 bits per heavy atom. The Hall–Kier alpha value is -3.37. The van der Waals surface area contributed by atoms with Gasteiger partial charge in [0.05, 0.1) is 24.5 Å². The van der Waals surface area contributed by atoms with Gasteiger partial charge < -0.3 is 10.1 Å². The van der Waals surface area contributed by atoms with Gasteiger partial charge in [-0.2, -0.15) is 0 Å². The highest BCUT2D eigenvalue weighted by atomic mass is 32.2. The van der Waals surface area contributed by atoms with Crippen molar-refractivity contribution in [2.75, 3.05) is 56.4 Å². The molecule has 0 atom stereocenters. The van der Waals surface area contributed by atoms with Crippen LogP contribution >= 0.6 is 0 Å². The highest BCUT2D eigenvalue weighted by Gasteiger charge is 2.13. The van der Waals surface area contributed by atoms with Crippen LogP contribution in [-0.2, 0) is 14.8 Å². The molecule has 2 N–H and O–H groups in total. The van der Waals surface area contributed by atoms with Gasteiger partial charge in [-0.15, -0.1) is 0 Å². The van der Waals surface area contributed by atoms with E-state index in [1.54, 1.807) is 24.4 Å². The highest BCUT2D eigenvalue weighted by molar-refractivity contribution is 7.92. The fourth-order valence-corrected chi connectivity index (χ4v) is 5.48. The van der Waals surface area contributed by atoms with E-state index in [4.69, 9.17) is 4.74 Å². The fourth-order valence-electron chi connectivity index (χ4n) is 4.48. The zero-order valence-corrected chi connectivity index (χ0v) is 21.3. The molecule has 0 saturated carbocycles. The normalized spacial score (nSPS) is 14.7. The molecule has 4 aromatic rings. The van der Waals surface area contributed by atoms with Crippen molar-refractivity contribution in [2.45, 2.75) is 0 Å². The Bertz CT molecular complexity index is 1560. The molecular formula is C28H30N4O4S. The van der Waals surface area contributed by atoms with Crippen molar-refractivity contribution in [1.29, 1.82) is 0 Å². The Kier molecular flexibility index (Phi) is 7.76. The molecule has 0 bridgehead atoms. The van der Waals surface area contributed by atoms with Gasteiger partial charge in [0.1, 0.15) is 0 Å². The van der Waals surface area contributed by atoms with Crippen molar-refractivity contribution in [1.82, 2.24) is 15.2 Å². The quantitative estimate of drug-likeness (QED) is 0.329. The number of nitrogens with zero attached hydrogens (tertiary/aromatic N) is 2. The van der Waals surface area contributed by atoms with Gasteiger partial charge in [-0.25, -0.2) is 8.42 Å². The molecule has 3 aromatic carbocycles. The van der Waals surface area contributed by atoms with Crippen LogP contribution in [0.25, 0.3) is 32.8 Å². The molecule has 1 fully saturated rings. The van der Waals surface area contributed by atoms with E-state index < -0.39 is 10.0 Å². The van der Waals surface area contributed by atoms with Crippen molar-refractivity contribution < 1.29 is 13.2 Å².